The third-order valence-corrected chi connectivity index (χ3v) is 10.00. The lowest BCUT2D eigenvalue weighted by Gasteiger charge is -2.34. The van der Waals surface area contributed by atoms with Crippen molar-refractivity contribution >= 4 is 66.7 Å². The van der Waals surface area contributed by atoms with Gasteiger partial charge >= 0.3 is 0 Å². The number of amides is 2. The number of anilines is 1. The highest BCUT2D eigenvalue weighted by molar-refractivity contribution is 9.10. The van der Waals surface area contributed by atoms with Crippen molar-refractivity contribution in [2.24, 2.45) is 5.92 Å². The molecule has 4 aromatic rings. The molecule has 0 fully saturated rings. The molecule has 0 radical (unpaired) electrons. The topological polar surface area (TPSA) is 86.8 Å². The minimum Gasteiger partial charge on any atom is -0.354 e. The minimum absolute atomic E-state index is 0.00281. The first-order valence-electron chi connectivity index (χ1n) is 14.7. The number of nitrogens with one attached hydrogen (secondary N) is 1. The van der Waals surface area contributed by atoms with Crippen LogP contribution in [0.5, 0.6) is 0 Å². The van der Waals surface area contributed by atoms with Crippen LogP contribution in [0.2, 0.25) is 10.0 Å². The largest absolute Gasteiger partial charge is 0.354 e. The predicted octanol–water partition coefficient (Wildman–Crippen LogP) is 7.67. The summed E-state index contributed by atoms with van der Waals surface area (Å²) in [5.74, 6) is -0.725. The van der Waals surface area contributed by atoms with Crippen LogP contribution >= 0.6 is 39.1 Å². The third-order valence-electron chi connectivity index (χ3n) is 7.24. The highest BCUT2D eigenvalue weighted by Gasteiger charge is 2.35. The van der Waals surface area contributed by atoms with Gasteiger partial charge < -0.3 is 10.2 Å². The molecular formula is C35H36BrCl2N3O4S. The van der Waals surface area contributed by atoms with Gasteiger partial charge in [0.15, 0.2) is 0 Å². The van der Waals surface area contributed by atoms with Crippen LogP contribution in [0.1, 0.15) is 30.5 Å². The van der Waals surface area contributed by atoms with Crippen LogP contribution < -0.4 is 9.62 Å². The van der Waals surface area contributed by atoms with E-state index in [0.29, 0.717) is 6.54 Å². The highest BCUT2D eigenvalue weighted by Crippen LogP contribution is 2.30. The monoisotopic (exact) mass is 743 g/mol. The summed E-state index contributed by atoms with van der Waals surface area (Å²) in [4.78, 5) is 29.8. The van der Waals surface area contributed by atoms with Crippen LogP contribution in [0.25, 0.3) is 0 Å². The Morgan fingerprint density at radius 2 is 1.46 bits per heavy atom. The molecule has 0 aliphatic rings. The van der Waals surface area contributed by atoms with Gasteiger partial charge in [-0.3, -0.25) is 13.9 Å². The molecule has 1 atom stereocenters. The van der Waals surface area contributed by atoms with Gasteiger partial charge in [0.1, 0.15) is 12.6 Å². The van der Waals surface area contributed by atoms with E-state index in [0.717, 1.165) is 25.5 Å². The van der Waals surface area contributed by atoms with Crippen molar-refractivity contribution in [2.45, 2.75) is 44.7 Å². The summed E-state index contributed by atoms with van der Waals surface area (Å²) in [5, 5.41) is 3.41. The molecule has 7 nitrogen and oxygen atoms in total. The van der Waals surface area contributed by atoms with E-state index in [2.05, 4.69) is 21.2 Å². The van der Waals surface area contributed by atoms with E-state index >= 15 is 0 Å². The number of sulfonamides is 1. The Morgan fingerprint density at radius 1 is 0.848 bits per heavy atom. The summed E-state index contributed by atoms with van der Waals surface area (Å²) >= 11 is 16.1. The maximum absolute atomic E-state index is 14.5. The van der Waals surface area contributed by atoms with Crippen molar-refractivity contribution in [3.63, 3.8) is 0 Å². The summed E-state index contributed by atoms with van der Waals surface area (Å²) in [6.07, 6.45) is 0.223. The molecular weight excluding hydrogens is 709 g/mol. The third kappa shape index (κ3) is 9.58. The molecule has 0 aliphatic carbocycles. The molecule has 0 bridgehead atoms. The highest BCUT2D eigenvalue weighted by atomic mass is 79.9. The van der Waals surface area contributed by atoms with E-state index in [-0.39, 0.29) is 45.4 Å². The summed E-state index contributed by atoms with van der Waals surface area (Å²) in [7, 11) is -4.28. The van der Waals surface area contributed by atoms with Gasteiger partial charge in [-0.25, -0.2) is 8.42 Å². The fourth-order valence-corrected chi connectivity index (χ4v) is 6.99. The summed E-state index contributed by atoms with van der Waals surface area (Å²) in [6, 6.07) is 26.6. The van der Waals surface area contributed by atoms with Crippen molar-refractivity contribution in [1.29, 1.82) is 0 Å². The van der Waals surface area contributed by atoms with Gasteiger partial charge in [0.25, 0.3) is 10.0 Å². The zero-order valence-corrected chi connectivity index (χ0v) is 29.7. The normalized spacial score (nSPS) is 12.1. The molecule has 0 saturated carbocycles. The average molecular weight is 746 g/mol. The Kier molecular flexibility index (Phi) is 12.3. The first-order valence-corrected chi connectivity index (χ1v) is 17.7. The van der Waals surface area contributed by atoms with Gasteiger partial charge in [-0.1, -0.05) is 113 Å². The standard InChI is InChI=1S/C35H36BrCl2N3O4S/c1-24(2)21-39-35(43)33(17-26-7-5-4-6-8-26)40(22-27-11-13-28(36)14-12-27)34(42)23-41(31-19-29(37)18-30(38)20-31)46(44,45)32-15-9-25(3)10-16-32/h4-16,18-20,24,33H,17,21-23H2,1-3H3,(H,39,43)/t33-/m1/s1. The predicted molar refractivity (Wildman–Crippen MR) is 189 cm³/mol. The summed E-state index contributed by atoms with van der Waals surface area (Å²) in [6.45, 7) is 5.70. The molecule has 0 heterocycles. The molecule has 2 amide bonds. The molecule has 4 aromatic carbocycles. The van der Waals surface area contributed by atoms with E-state index in [9.17, 15) is 18.0 Å². The van der Waals surface area contributed by atoms with Crippen LogP contribution in [0.4, 0.5) is 5.69 Å². The Balaban J connectivity index is 1.82. The molecule has 1 N–H and O–H groups in total. The summed E-state index contributed by atoms with van der Waals surface area (Å²) < 4.78 is 30.2. The second-order valence-electron chi connectivity index (χ2n) is 11.4. The van der Waals surface area contributed by atoms with Crippen molar-refractivity contribution in [2.75, 3.05) is 17.4 Å². The van der Waals surface area contributed by atoms with Gasteiger partial charge in [-0.15, -0.1) is 0 Å². The molecule has 4 rings (SSSR count). The van der Waals surface area contributed by atoms with Crippen molar-refractivity contribution in [3.05, 3.63) is 128 Å². The summed E-state index contributed by atoms with van der Waals surface area (Å²) in [5.41, 5.74) is 2.62. The zero-order chi connectivity index (χ0) is 33.4. The SMILES string of the molecule is Cc1ccc(S(=O)(=O)N(CC(=O)N(Cc2ccc(Br)cc2)[C@H](Cc2ccccc2)C(=O)NCC(C)C)c2cc(Cl)cc(Cl)c2)cc1. The minimum atomic E-state index is -4.28. The lowest BCUT2D eigenvalue weighted by molar-refractivity contribution is -0.140. The van der Waals surface area contributed by atoms with Crippen LogP contribution in [0, 0.1) is 12.8 Å². The van der Waals surface area contributed by atoms with Crippen LogP contribution in [0.3, 0.4) is 0 Å². The Hall–Kier alpha value is -3.37. The molecule has 46 heavy (non-hydrogen) atoms. The van der Waals surface area contributed by atoms with Gasteiger partial charge in [0, 0.05) is 34.0 Å². The maximum Gasteiger partial charge on any atom is 0.264 e. The first kappa shape index (κ1) is 35.5. The van der Waals surface area contributed by atoms with Crippen molar-refractivity contribution < 1.29 is 18.0 Å². The fraction of sp³-hybridized carbons (Fsp3) is 0.257. The number of hydrogen-bond donors (Lipinski definition) is 1. The van der Waals surface area contributed by atoms with E-state index in [1.165, 1.54) is 35.2 Å². The maximum atomic E-state index is 14.5. The second kappa shape index (κ2) is 16.0. The second-order valence-corrected chi connectivity index (χ2v) is 15.1. The number of rotatable bonds is 13. The zero-order valence-electron chi connectivity index (χ0n) is 25.8. The van der Waals surface area contributed by atoms with Crippen LogP contribution in [-0.4, -0.2) is 44.3 Å². The molecule has 0 aromatic heterocycles. The molecule has 0 saturated heterocycles. The van der Waals surface area contributed by atoms with E-state index in [4.69, 9.17) is 23.2 Å². The van der Waals surface area contributed by atoms with E-state index in [1.54, 1.807) is 12.1 Å². The van der Waals surface area contributed by atoms with E-state index < -0.39 is 28.5 Å². The number of carbonyl (C=O) groups excluding carboxylic acids is 2. The molecule has 0 spiro atoms. The van der Waals surface area contributed by atoms with Gasteiger partial charge in [-0.2, -0.15) is 0 Å². The Morgan fingerprint density at radius 3 is 2.04 bits per heavy atom. The van der Waals surface area contributed by atoms with E-state index in [1.807, 2.05) is 75.4 Å². The molecule has 0 aliphatic heterocycles. The fourth-order valence-electron chi connectivity index (χ4n) is 4.81. The van der Waals surface area contributed by atoms with Crippen molar-refractivity contribution in [3.8, 4) is 0 Å². The number of hydrogen-bond acceptors (Lipinski definition) is 4. The molecule has 11 heteroatoms. The molecule has 242 valence electrons. The molecule has 0 unspecified atom stereocenters. The quantitative estimate of drug-likeness (QED) is 0.152. The van der Waals surface area contributed by atoms with Gasteiger partial charge in [0.2, 0.25) is 11.8 Å². The van der Waals surface area contributed by atoms with Crippen LogP contribution in [-0.2, 0) is 32.6 Å². The van der Waals surface area contributed by atoms with Gasteiger partial charge in [-0.05, 0) is 66.4 Å². The van der Waals surface area contributed by atoms with Crippen LogP contribution in [0.15, 0.2) is 106 Å². The van der Waals surface area contributed by atoms with Crippen molar-refractivity contribution in [1.82, 2.24) is 10.2 Å². The number of benzene rings is 4. The first-order chi connectivity index (χ1) is 21.8. The lowest BCUT2D eigenvalue weighted by Crippen LogP contribution is -2.53. The average Bonchev–Trinajstić information content (AvgIpc) is 3.01. The van der Waals surface area contributed by atoms with Gasteiger partial charge in [0.05, 0.1) is 10.6 Å². The number of carbonyl (C=O) groups is 2. The smallest absolute Gasteiger partial charge is 0.264 e. The number of halogens is 3. The lowest BCUT2D eigenvalue weighted by atomic mass is 10.0. The Bertz CT molecular complexity index is 1730. The Labute approximate surface area is 289 Å². The number of nitrogens with zero attached hydrogens (tertiary/aromatic N) is 2. The number of aryl methyl sites for hydroxylation is 1.